The maximum absolute atomic E-state index is 10.6. The first-order chi connectivity index (χ1) is 9.56. The Kier molecular flexibility index (Phi) is 3.38. The molecule has 20 heavy (non-hydrogen) atoms. The monoisotopic (exact) mass is 274 g/mol. The van der Waals surface area contributed by atoms with Crippen LogP contribution in [0.3, 0.4) is 0 Å². The summed E-state index contributed by atoms with van der Waals surface area (Å²) in [7, 11) is 0. The molecule has 5 nitrogen and oxygen atoms in total. The van der Waals surface area contributed by atoms with Crippen molar-refractivity contribution in [3.8, 4) is 0 Å². The molecule has 1 aliphatic rings. The summed E-state index contributed by atoms with van der Waals surface area (Å²) in [6.45, 7) is 4.77. The lowest BCUT2D eigenvalue weighted by molar-refractivity contribution is 0.00497. The van der Waals surface area contributed by atoms with Gasteiger partial charge in [0.2, 0.25) is 0 Å². The number of aliphatic hydroxyl groups is 1. The Morgan fingerprint density at radius 2 is 2.20 bits per heavy atom. The third-order valence-corrected chi connectivity index (χ3v) is 4.30. The SMILES string of the molecule is Cc1cc2c(NCC3(O)CCC(C)CC3)nccn2n1. The highest BCUT2D eigenvalue weighted by Crippen LogP contribution is 2.32. The van der Waals surface area contributed by atoms with E-state index >= 15 is 0 Å². The average molecular weight is 274 g/mol. The van der Waals surface area contributed by atoms with E-state index in [1.165, 1.54) is 0 Å². The van der Waals surface area contributed by atoms with Crippen LogP contribution < -0.4 is 5.32 Å². The lowest BCUT2D eigenvalue weighted by atomic mass is 9.79. The van der Waals surface area contributed by atoms with E-state index in [1.54, 1.807) is 6.20 Å². The lowest BCUT2D eigenvalue weighted by Gasteiger charge is -2.35. The molecule has 0 amide bonds. The molecule has 3 rings (SSSR count). The molecular weight excluding hydrogens is 252 g/mol. The van der Waals surface area contributed by atoms with E-state index < -0.39 is 5.60 Å². The minimum Gasteiger partial charge on any atom is -0.388 e. The van der Waals surface area contributed by atoms with Crippen LogP contribution in [0.15, 0.2) is 18.5 Å². The van der Waals surface area contributed by atoms with Crippen LogP contribution in [-0.4, -0.2) is 31.9 Å². The number of nitrogens with one attached hydrogen (secondary N) is 1. The molecular formula is C15H22N4O. The Labute approximate surface area is 119 Å². The van der Waals surface area contributed by atoms with Crippen LogP contribution in [0.5, 0.6) is 0 Å². The summed E-state index contributed by atoms with van der Waals surface area (Å²) in [5.74, 6) is 1.52. The molecule has 1 saturated carbocycles. The quantitative estimate of drug-likeness (QED) is 0.902. The molecule has 0 saturated heterocycles. The second kappa shape index (κ2) is 5.05. The summed E-state index contributed by atoms with van der Waals surface area (Å²) in [5.41, 5.74) is 1.32. The van der Waals surface area contributed by atoms with Gasteiger partial charge in [0, 0.05) is 18.9 Å². The van der Waals surface area contributed by atoms with Crippen molar-refractivity contribution in [1.29, 1.82) is 0 Å². The molecule has 0 aromatic carbocycles. The summed E-state index contributed by atoms with van der Waals surface area (Å²) >= 11 is 0. The van der Waals surface area contributed by atoms with Gasteiger partial charge < -0.3 is 10.4 Å². The van der Waals surface area contributed by atoms with Crippen molar-refractivity contribution in [2.24, 2.45) is 5.92 Å². The van der Waals surface area contributed by atoms with Gasteiger partial charge in [0.05, 0.1) is 11.3 Å². The normalized spacial score (nSPS) is 26.9. The van der Waals surface area contributed by atoms with Crippen LogP contribution in [0.4, 0.5) is 5.82 Å². The van der Waals surface area contributed by atoms with Gasteiger partial charge in [-0.1, -0.05) is 6.92 Å². The van der Waals surface area contributed by atoms with E-state index in [1.807, 2.05) is 23.7 Å². The predicted octanol–water partition coefficient (Wildman–Crippen LogP) is 2.39. The Bertz CT molecular complexity index is 599. The lowest BCUT2D eigenvalue weighted by Crippen LogP contribution is -2.40. The third-order valence-electron chi connectivity index (χ3n) is 4.30. The molecule has 2 heterocycles. The van der Waals surface area contributed by atoms with E-state index in [9.17, 15) is 5.11 Å². The molecule has 0 radical (unpaired) electrons. The molecule has 1 aliphatic carbocycles. The second-order valence-corrected chi connectivity index (χ2v) is 6.15. The first-order valence-electron chi connectivity index (χ1n) is 7.33. The zero-order valence-corrected chi connectivity index (χ0v) is 12.1. The van der Waals surface area contributed by atoms with Crippen LogP contribution >= 0.6 is 0 Å². The van der Waals surface area contributed by atoms with Gasteiger partial charge in [0.15, 0.2) is 5.82 Å². The Balaban J connectivity index is 1.73. The minimum absolute atomic E-state index is 0.552. The van der Waals surface area contributed by atoms with Crippen LogP contribution in [0.25, 0.3) is 5.52 Å². The fraction of sp³-hybridized carbons (Fsp3) is 0.600. The highest BCUT2D eigenvalue weighted by Gasteiger charge is 2.31. The summed E-state index contributed by atoms with van der Waals surface area (Å²) in [4.78, 5) is 4.37. The molecule has 0 aliphatic heterocycles. The Hall–Kier alpha value is -1.62. The van der Waals surface area contributed by atoms with Crippen LogP contribution in [-0.2, 0) is 0 Å². The van der Waals surface area contributed by atoms with Crippen molar-refractivity contribution in [2.75, 3.05) is 11.9 Å². The molecule has 1 fully saturated rings. The predicted molar refractivity (Wildman–Crippen MR) is 78.8 cm³/mol. The second-order valence-electron chi connectivity index (χ2n) is 6.15. The Morgan fingerprint density at radius 3 is 2.95 bits per heavy atom. The van der Waals surface area contributed by atoms with Gasteiger partial charge >= 0.3 is 0 Å². The van der Waals surface area contributed by atoms with E-state index in [2.05, 4.69) is 22.3 Å². The van der Waals surface area contributed by atoms with E-state index in [-0.39, 0.29) is 0 Å². The molecule has 2 aromatic heterocycles. The van der Waals surface area contributed by atoms with Gasteiger partial charge in [-0.25, -0.2) is 9.50 Å². The highest BCUT2D eigenvalue weighted by atomic mass is 16.3. The molecule has 0 bridgehead atoms. The fourth-order valence-electron chi connectivity index (χ4n) is 2.91. The van der Waals surface area contributed by atoms with Crippen LogP contribution in [0, 0.1) is 12.8 Å². The van der Waals surface area contributed by atoms with Gasteiger partial charge in [0.25, 0.3) is 0 Å². The first kappa shape index (κ1) is 13.4. The van der Waals surface area contributed by atoms with Gasteiger partial charge in [-0.05, 0) is 44.6 Å². The number of fused-ring (bicyclic) bond motifs is 1. The topological polar surface area (TPSA) is 62.5 Å². The first-order valence-corrected chi connectivity index (χ1v) is 7.33. The maximum atomic E-state index is 10.6. The molecule has 0 atom stereocenters. The molecule has 2 N–H and O–H groups in total. The van der Waals surface area contributed by atoms with E-state index in [0.29, 0.717) is 6.54 Å². The van der Waals surface area contributed by atoms with Gasteiger partial charge in [-0.15, -0.1) is 0 Å². The molecule has 2 aromatic rings. The number of hydrogen-bond donors (Lipinski definition) is 2. The molecule has 5 heteroatoms. The zero-order chi connectivity index (χ0) is 14.2. The van der Waals surface area contributed by atoms with Crippen molar-refractivity contribution in [3.63, 3.8) is 0 Å². The minimum atomic E-state index is -0.601. The number of aryl methyl sites for hydroxylation is 1. The number of anilines is 1. The standard InChI is InChI=1S/C15H22N4O/c1-11-3-5-15(20,6-4-11)10-17-14-13-9-12(2)18-19(13)8-7-16-14/h7-9,11,20H,3-6,10H2,1-2H3,(H,16,17). The molecule has 108 valence electrons. The zero-order valence-electron chi connectivity index (χ0n) is 12.1. The fourth-order valence-corrected chi connectivity index (χ4v) is 2.91. The van der Waals surface area contributed by atoms with Crippen molar-refractivity contribution >= 4 is 11.3 Å². The van der Waals surface area contributed by atoms with Crippen LogP contribution in [0.2, 0.25) is 0 Å². The molecule has 0 spiro atoms. The van der Waals surface area contributed by atoms with Crippen molar-refractivity contribution < 1.29 is 5.11 Å². The number of hydrogen-bond acceptors (Lipinski definition) is 4. The van der Waals surface area contributed by atoms with Gasteiger partial charge in [-0.2, -0.15) is 5.10 Å². The molecule has 0 unspecified atom stereocenters. The van der Waals surface area contributed by atoms with Crippen molar-refractivity contribution in [2.45, 2.75) is 45.1 Å². The van der Waals surface area contributed by atoms with Crippen molar-refractivity contribution in [1.82, 2.24) is 14.6 Å². The van der Waals surface area contributed by atoms with Crippen molar-refractivity contribution in [3.05, 3.63) is 24.2 Å². The largest absolute Gasteiger partial charge is 0.388 e. The number of aromatic nitrogens is 3. The number of rotatable bonds is 3. The smallest absolute Gasteiger partial charge is 0.152 e. The van der Waals surface area contributed by atoms with E-state index in [4.69, 9.17) is 0 Å². The summed E-state index contributed by atoms with van der Waals surface area (Å²) in [6.07, 6.45) is 7.49. The summed E-state index contributed by atoms with van der Waals surface area (Å²) in [6, 6.07) is 2.00. The van der Waals surface area contributed by atoms with E-state index in [0.717, 1.165) is 48.6 Å². The third kappa shape index (κ3) is 2.63. The maximum Gasteiger partial charge on any atom is 0.152 e. The average Bonchev–Trinajstić information content (AvgIpc) is 2.81. The van der Waals surface area contributed by atoms with Gasteiger partial charge in [0.1, 0.15) is 5.52 Å². The summed E-state index contributed by atoms with van der Waals surface area (Å²) < 4.78 is 1.82. The number of nitrogens with zero attached hydrogens (tertiary/aromatic N) is 3. The van der Waals surface area contributed by atoms with Gasteiger partial charge in [-0.3, -0.25) is 0 Å². The highest BCUT2D eigenvalue weighted by molar-refractivity contribution is 5.67. The summed E-state index contributed by atoms with van der Waals surface area (Å²) in [5, 5.41) is 18.3. The Morgan fingerprint density at radius 1 is 1.45 bits per heavy atom. The van der Waals surface area contributed by atoms with Crippen LogP contribution in [0.1, 0.15) is 38.3 Å².